The van der Waals surface area contributed by atoms with E-state index in [4.69, 9.17) is 5.73 Å². The lowest BCUT2D eigenvalue weighted by Gasteiger charge is -2.21. The van der Waals surface area contributed by atoms with E-state index in [2.05, 4.69) is 42.2 Å². The molecule has 4 rings (SSSR count). The van der Waals surface area contributed by atoms with Crippen LogP contribution in [0.15, 0.2) is 47.5 Å². The zero-order valence-corrected chi connectivity index (χ0v) is 14.9. The minimum absolute atomic E-state index is 0.0891. The van der Waals surface area contributed by atoms with Crippen LogP contribution >= 0.6 is 0 Å². The molecular weight excluding hydrogens is 310 g/mol. The molecule has 4 heteroatoms. The Bertz CT molecular complexity index is 898. The van der Waals surface area contributed by atoms with Crippen LogP contribution in [0.1, 0.15) is 42.4 Å². The molecule has 25 heavy (non-hydrogen) atoms. The van der Waals surface area contributed by atoms with Crippen LogP contribution in [0.3, 0.4) is 0 Å². The van der Waals surface area contributed by atoms with Crippen molar-refractivity contribution in [2.45, 2.75) is 38.1 Å². The van der Waals surface area contributed by atoms with E-state index >= 15 is 0 Å². The smallest absolute Gasteiger partial charge is 0.261 e. The molecule has 1 aliphatic carbocycles. The second-order valence-electron chi connectivity index (χ2n) is 7.30. The van der Waals surface area contributed by atoms with Gasteiger partial charge in [-0.05, 0) is 66.5 Å². The predicted molar refractivity (Wildman–Crippen MR) is 100 cm³/mol. The van der Waals surface area contributed by atoms with Crippen LogP contribution < -0.4 is 5.73 Å². The third-order valence-corrected chi connectivity index (χ3v) is 5.45. The van der Waals surface area contributed by atoms with Crippen LogP contribution in [-0.4, -0.2) is 23.8 Å². The molecule has 1 heterocycles. The molecule has 1 amide bonds. The Morgan fingerprint density at radius 2 is 1.92 bits per heavy atom. The number of amides is 1. The van der Waals surface area contributed by atoms with E-state index in [0.717, 1.165) is 11.1 Å². The summed E-state index contributed by atoms with van der Waals surface area (Å²) in [6, 6.07) is 14.6. The molecule has 1 saturated carbocycles. The first-order chi connectivity index (χ1) is 11.9. The zero-order chi connectivity index (χ0) is 17.8. The molecule has 0 spiro atoms. The van der Waals surface area contributed by atoms with Gasteiger partial charge in [-0.2, -0.15) is 0 Å². The molecule has 2 N–H and O–H groups in total. The van der Waals surface area contributed by atoms with E-state index in [1.165, 1.54) is 34.4 Å². The van der Waals surface area contributed by atoms with Crippen LogP contribution in [0.5, 0.6) is 0 Å². The fourth-order valence-corrected chi connectivity index (χ4v) is 3.81. The minimum Gasteiger partial charge on any atom is -0.369 e. The molecule has 2 aromatic rings. The molecular formula is C21H23N3O. The second-order valence-corrected chi connectivity index (χ2v) is 7.30. The lowest BCUT2D eigenvalue weighted by atomic mass is 9.87. The average Bonchev–Trinajstić information content (AvgIpc) is 3.41. The molecule has 0 radical (unpaired) electrons. The van der Waals surface area contributed by atoms with Crippen molar-refractivity contribution in [2.75, 3.05) is 7.05 Å². The van der Waals surface area contributed by atoms with Crippen LogP contribution in [0.25, 0.3) is 11.1 Å². The van der Waals surface area contributed by atoms with Crippen molar-refractivity contribution in [3.05, 3.63) is 59.2 Å². The first kappa shape index (κ1) is 15.9. The van der Waals surface area contributed by atoms with Gasteiger partial charge in [0.2, 0.25) is 0 Å². The number of hydrogen-bond donors (Lipinski definition) is 1. The first-order valence-corrected chi connectivity index (χ1v) is 8.75. The minimum atomic E-state index is -0.946. The van der Waals surface area contributed by atoms with Crippen molar-refractivity contribution in [1.29, 1.82) is 0 Å². The fourth-order valence-electron chi connectivity index (χ4n) is 3.81. The van der Waals surface area contributed by atoms with Gasteiger partial charge in [-0.25, -0.2) is 4.99 Å². The summed E-state index contributed by atoms with van der Waals surface area (Å²) in [5, 5.41) is 0. The van der Waals surface area contributed by atoms with Crippen molar-refractivity contribution in [2.24, 2.45) is 10.7 Å². The fraction of sp³-hybridized carbons (Fsp3) is 0.333. The Morgan fingerprint density at radius 1 is 1.20 bits per heavy atom. The number of benzene rings is 2. The van der Waals surface area contributed by atoms with Crippen molar-refractivity contribution < 1.29 is 4.79 Å². The molecule has 2 aromatic carbocycles. The SMILES string of the molecule is Cc1cccc(-c2cccc(C3(C)N=C(N)N(C)C3=O)c2)c1C1CC1. The number of aryl methyl sites for hydroxylation is 1. The highest BCUT2D eigenvalue weighted by Crippen LogP contribution is 2.46. The van der Waals surface area contributed by atoms with Gasteiger partial charge in [0.25, 0.3) is 5.91 Å². The normalized spacial score (nSPS) is 23.1. The van der Waals surface area contributed by atoms with E-state index in [9.17, 15) is 4.79 Å². The third-order valence-electron chi connectivity index (χ3n) is 5.45. The molecule has 0 aromatic heterocycles. The number of guanidine groups is 1. The first-order valence-electron chi connectivity index (χ1n) is 8.75. The number of likely N-dealkylation sites (N-methyl/N-ethyl adjacent to an activating group) is 1. The topological polar surface area (TPSA) is 58.7 Å². The maximum atomic E-state index is 12.7. The van der Waals surface area contributed by atoms with E-state index in [0.29, 0.717) is 5.92 Å². The summed E-state index contributed by atoms with van der Waals surface area (Å²) in [6.45, 7) is 4.02. The Hall–Kier alpha value is -2.62. The van der Waals surface area contributed by atoms with Gasteiger partial charge in [-0.1, -0.05) is 36.4 Å². The predicted octanol–water partition coefficient (Wildman–Crippen LogP) is 3.54. The molecule has 1 unspecified atom stereocenters. The Labute approximate surface area is 148 Å². The van der Waals surface area contributed by atoms with Crippen LogP contribution in [-0.2, 0) is 10.3 Å². The number of nitrogens with two attached hydrogens (primary N) is 1. The van der Waals surface area contributed by atoms with Gasteiger partial charge in [0.05, 0.1) is 0 Å². The molecule has 1 fully saturated rings. The van der Waals surface area contributed by atoms with Gasteiger partial charge >= 0.3 is 0 Å². The van der Waals surface area contributed by atoms with Crippen molar-refractivity contribution in [1.82, 2.24) is 4.90 Å². The van der Waals surface area contributed by atoms with Gasteiger partial charge in [0.1, 0.15) is 0 Å². The van der Waals surface area contributed by atoms with Gasteiger partial charge in [-0.3, -0.25) is 9.69 Å². The number of carbonyl (C=O) groups is 1. The lowest BCUT2D eigenvalue weighted by Crippen LogP contribution is -2.38. The number of aliphatic imine (C=N–C) groups is 1. The number of rotatable bonds is 3. The van der Waals surface area contributed by atoms with Crippen LogP contribution in [0.2, 0.25) is 0 Å². The maximum absolute atomic E-state index is 12.7. The lowest BCUT2D eigenvalue weighted by molar-refractivity contribution is -0.130. The van der Waals surface area contributed by atoms with Gasteiger partial charge < -0.3 is 5.73 Å². The average molecular weight is 333 g/mol. The summed E-state index contributed by atoms with van der Waals surface area (Å²) in [7, 11) is 1.67. The second kappa shape index (κ2) is 5.45. The largest absolute Gasteiger partial charge is 0.369 e. The summed E-state index contributed by atoms with van der Waals surface area (Å²) < 4.78 is 0. The van der Waals surface area contributed by atoms with Gasteiger partial charge in [-0.15, -0.1) is 0 Å². The quantitative estimate of drug-likeness (QED) is 0.934. The summed E-state index contributed by atoms with van der Waals surface area (Å²) >= 11 is 0. The summed E-state index contributed by atoms with van der Waals surface area (Å²) in [5.41, 5.74) is 11.0. The van der Waals surface area contributed by atoms with Crippen molar-refractivity contribution in [3.63, 3.8) is 0 Å². The molecule has 2 aliphatic rings. The summed E-state index contributed by atoms with van der Waals surface area (Å²) in [4.78, 5) is 18.5. The van der Waals surface area contributed by atoms with E-state index in [1.807, 2.05) is 19.1 Å². The van der Waals surface area contributed by atoms with E-state index in [-0.39, 0.29) is 11.9 Å². The Kier molecular flexibility index (Phi) is 3.46. The number of nitrogens with zero attached hydrogens (tertiary/aromatic N) is 2. The van der Waals surface area contributed by atoms with Crippen molar-refractivity contribution in [3.8, 4) is 11.1 Å². The molecule has 1 atom stereocenters. The highest BCUT2D eigenvalue weighted by atomic mass is 16.2. The van der Waals surface area contributed by atoms with Gasteiger partial charge in [0, 0.05) is 7.05 Å². The number of carbonyl (C=O) groups excluding carboxylic acids is 1. The molecule has 0 saturated heterocycles. The van der Waals surface area contributed by atoms with Crippen LogP contribution in [0.4, 0.5) is 0 Å². The Morgan fingerprint density at radius 3 is 2.56 bits per heavy atom. The standard InChI is InChI=1S/C21H23N3O/c1-13-6-4-9-17(18(13)14-10-11-14)15-7-5-8-16(12-15)21(2)19(25)24(3)20(22)23-21/h4-9,12,14H,10-11H2,1-3H3,(H2,22,23). The van der Waals surface area contributed by atoms with Crippen LogP contribution in [0, 0.1) is 6.92 Å². The third kappa shape index (κ3) is 2.44. The molecule has 1 aliphatic heterocycles. The van der Waals surface area contributed by atoms with Crippen molar-refractivity contribution >= 4 is 11.9 Å². The highest BCUT2D eigenvalue weighted by molar-refractivity contribution is 6.06. The summed E-state index contributed by atoms with van der Waals surface area (Å²) in [6.07, 6.45) is 2.53. The number of hydrogen-bond acceptors (Lipinski definition) is 3. The Balaban J connectivity index is 1.82. The molecule has 128 valence electrons. The van der Waals surface area contributed by atoms with E-state index < -0.39 is 5.54 Å². The van der Waals surface area contributed by atoms with Gasteiger partial charge in [0.15, 0.2) is 11.5 Å². The summed E-state index contributed by atoms with van der Waals surface area (Å²) in [5.74, 6) is 0.851. The maximum Gasteiger partial charge on any atom is 0.261 e. The monoisotopic (exact) mass is 333 g/mol. The highest BCUT2D eigenvalue weighted by Gasteiger charge is 2.43. The molecule has 4 nitrogen and oxygen atoms in total. The van der Waals surface area contributed by atoms with E-state index in [1.54, 1.807) is 7.05 Å². The zero-order valence-electron chi connectivity index (χ0n) is 14.9. The molecule has 0 bridgehead atoms.